The molecule has 1 aromatic heterocycles. The van der Waals surface area contributed by atoms with Gasteiger partial charge in [0, 0.05) is 17.6 Å². The van der Waals surface area contributed by atoms with Crippen molar-refractivity contribution in [2.24, 2.45) is 0 Å². The van der Waals surface area contributed by atoms with Gasteiger partial charge in [0.15, 0.2) is 0 Å². The summed E-state index contributed by atoms with van der Waals surface area (Å²) in [6, 6.07) is 0.977. The summed E-state index contributed by atoms with van der Waals surface area (Å²) < 4.78 is 0. The molecular formula is C10H18N2S. The molecule has 13 heavy (non-hydrogen) atoms. The average molecular weight is 198 g/mol. The molecule has 0 saturated carbocycles. The lowest BCUT2D eigenvalue weighted by Gasteiger charge is -2.17. The highest BCUT2D eigenvalue weighted by Gasteiger charge is 2.10. The van der Waals surface area contributed by atoms with Gasteiger partial charge in [-0.15, -0.1) is 11.3 Å². The van der Waals surface area contributed by atoms with E-state index in [1.165, 1.54) is 17.8 Å². The Kier molecular flexibility index (Phi) is 4.39. The second-order valence-electron chi connectivity index (χ2n) is 3.45. The van der Waals surface area contributed by atoms with Gasteiger partial charge in [-0.1, -0.05) is 13.3 Å². The Morgan fingerprint density at radius 3 is 2.85 bits per heavy atom. The number of rotatable bonds is 5. The van der Waals surface area contributed by atoms with Gasteiger partial charge in [0.05, 0.1) is 6.04 Å². The summed E-state index contributed by atoms with van der Waals surface area (Å²) in [7, 11) is 0. The van der Waals surface area contributed by atoms with E-state index >= 15 is 0 Å². The number of hydrogen-bond acceptors (Lipinski definition) is 3. The van der Waals surface area contributed by atoms with E-state index in [4.69, 9.17) is 0 Å². The van der Waals surface area contributed by atoms with Crippen LogP contribution in [-0.4, -0.2) is 11.0 Å². The van der Waals surface area contributed by atoms with Crippen LogP contribution in [0.25, 0.3) is 0 Å². The number of nitrogens with zero attached hydrogens (tertiary/aromatic N) is 1. The first-order valence-corrected chi connectivity index (χ1v) is 5.77. The minimum atomic E-state index is 0.390. The van der Waals surface area contributed by atoms with E-state index in [1.54, 1.807) is 11.3 Å². The van der Waals surface area contributed by atoms with Crippen molar-refractivity contribution in [2.75, 3.05) is 0 Å². The lowest BCUT2D eigenvalue weighted by Crippen LogP contribution is -2.28. The Bertz CT molecular complexity index is 221. The predicted molar refractivity (Wildman–Crippen MR) is 58.0 cm³/mol. The highest BCUT2D eigenvalue weighted by atomic mass is 32.1. The molecule has 2 unspecified atom stereocenters. The average Bonchev–Trinajstić information content (AvgIpc) is 2.55. The lowest BCUT2D eigenvalue weighted by atomic mass is 10.2. The van der Waals surface area contributed by atoms with Crippen LogP contribution in [0.5, 0.6) is 0 Å². The second kappa shape index (κ2) is 5.35. The van der Waals surface area contributed by atoms with Gasteiger partial charge in [-0.2, -0.15) is 0 Å². The third-order valence-corrected chi connectivity index (χ3v) is 3.04. The molecule has 0 radical (unpaired) electrons. The first-order valence-electron chi connectivity index (χ1n) is 4.89. The van der Waals surface area contributed by atoms with Crippen molar-refractivity contribution in [1.29, 1.82) is 0 Å². The van der Waals surface area contributed by atoms with Gasteiger partial charge in [0.2, 0.25) is 0 Å². The zero-order valence-corrected chi connectivity index (χ0v) is 9.40. The molecule has 0 spiro atoms. The maximum atomic E-state index is 4.29. The van der Waals surface area contributed by atoms with E-state index in [0.29, 0.717) is 12.1 Å². The van der Waals surface area contributed by atoms with Crippen molar-refractivity contribution in [3.05, 3.63) is 16.6 Å². The SMILES string of the molecule is CCCC(C)NC(C)c1nccs1. The van der Waals surface area contributed by atoms with Gasteiger partial charge in [-0.3, -0.25) is 0 Å². The first-order chi connectivity index (χ1) is 6.24. The van der Waals surface area contributed by atoms with Crippen LogP contribution in [0.2, 0.25) is 0 Å². The summed E-state index contributed by atoms with van der Waals surface area (Å²) >= 11 is 1.72. The number of nitrogens with one attached hydrogen (secondary N) is 1. The van der Waals surface area contributed by atoms with E-state index in [2.05, 4.69) is 31.1 Å². The van der Waals surface area contributed by atoms with Gasteiger partial charge in [-0.05, 0) is 20.3 Å². The van der Waals surface area contributed by atoms with Crippen LogP contribution in [0.3, 0.4) is 0 Å². The van der Waals surface area contributed by atoms with E-state index in [1.807, 2.05) is 11.6 Å². The highest BCUT2D eigenvalue weighted by Crippen LogP contribution is 2.15. The van der Waals surface area contributed by atoms with Crippen LogP contribution >= 0.6 is 11.3 Å². The van der Waals surface area contributed by atoms with Crippen LogP contribution < -0.4 is 5.32 Å². The van der Waals surface area contributed by atoms with Crippen LogP contribution in [0.4, 0.5) is 0 Å². The summed E-state index contributed by atoms with van der Waals surface area (Å²) in [6.45, 7) is 6.62. The fourth-order valence-electron chi connectivity index (χ4n) is 1.46. The van der Waals surface area contributed by atoms with Gasteiger partial charge in [0.25, 0.3) is 0 Å². The standard InChI is InChI=1S/C10H18N2S/c1-4-5-8(2)12-9(3)10-11-6-7-13-10/h6-9,12H,4-5H2,1-3H3. The zero-order valence-electron chi connectivity index (χ0n) is 8.58. The normalized spacial score (nSPS) is 15.6. The van der Waals surface area contributed by atoms with Crippen LogP contribution in [0, 0.1) is 0 Å². The summed E-state index contributed by atoms with van der Waals surface area (Å²) in [5.41, 5.74) is 0. The van der Waals surface area contributed by atoms with Crippen LogP contribution in [-0.2, 0) is 0 Å². The van der Waals surface area contributed by atoms with Gasteiger partial charge in [0.1, 0.15) is 5.01 Å². The summed E-state index contributed by atoms with van der Waals surface area (Å²) in [5, 5.41) is 6.74. The Balaban J connectivity index is 2.37. The molecular weight excluding hydrogens is 180 g/mol. The largest absolute Gasteiger partial charge is 0.306 e. The Hall–Kier alpha value is -0.410. The third-order valence-electron chi connectivity index (χ3n) is 2.08. The molecule has 3 heteroatoms. The van der Waals surface area contributed by atoms with Crippen LogP contribution in [0.1, 0.15) is 44.7 Å². The Morgan fingerprint density at radius 2 is 2.31 bits per heavy atom. The van der Waals surface area contributed by atoms with Crippen molar-refractivity contribution in [2.45, 2.75) is 45.7 Å². The second-order valence-corrected chi connectivity index (χ2v) is 4.37. The van der Waals surface area contributed by atoms with E-state index in [9.17, 15) is 0 Å². The van der Waals surface area contributed by atoms with Crippen molar-refractivity contribution >= 4 is 11.3 Å². The maximum absolute atomic E-state index is 4.29. The van der Waals surface area contributed by atoms with Gasteiger partial charge >= 0.3 is 0 Å². The molecule has 0 saturated heterocycles. The number of thiazole rings is 1. The van der Waals surface area contributed by atoms with E-state index in [0.717, 1.165) is 0 Å². The highest BCUT2D eigenvalue weighted by molar-refractivity contribution is 7.09. The number of aromatic nitrogens is 1. The molecule has 0 fully saturated rings. The minimum absolute atomic E-state index is 0.390. The number of hydrogen-bond donors (Lipinski definition) is 1. The molecule has 1 heterocycles. The molecule has 0 aliphatic rings. The Morgan fingerprint density at radius 1 is 1.54 bits per heavy atom. The molecule has 0 bridgehead atoms. The molecule has 2 atom stereocenters. The van der Waals surface area contributed by atoms with Gasteiger partial charge < -0.3 is 5.32 Å². The molecule has 1 aromatic rings. The fraction of sp³-hybridized carbons (Fsp3) is 0.700. The lowest BCUT2D eigenvalue weighted by molar-refractivity contribution is 0.452. The van der Waals surface area contributed by atoms with Crippen LogP contribution in [0.15, 0.2) is 11.6 Å². The molecule has 0 aromatic carbocycles. The topological polar surface area (TPSA) is 24.9 Å². The smallest absolute Gasteiger partial charge is 0.109 e. The fourth-order valence-corrected chi connectivity index (χ4v) is 2.12. The quantitative estimate of drug-likeness (QED) is 0.786. The first kappa shape index (κ1) is 10.7. The zero-order chi connectivity index (χ0) is 9.68. The van der Waals surface area contributed by atoms with E-state index in [-0.39, 0.29) is 0 Å². The predicted octanol–water partition coefficient (Wildman–Crippen LogP) is 2.98. The monoisotopic (exact) mass is 198 g/mol. The molecule has 74 valence electrons. The summed E-state index contributed by atoms with van der Waals surface area (Å²) in [5.74, 6) is 0. The van der Waals surface area contributed by atoms with Crippen molar-refractivity contribution in [1.82, 2.24) is 10.3 Å². The van der Waals surface area contributed by atoms with E-state index < -0.39 is 0 Å². The minimum Gasteiger partial charge on any atom is -0.306 e. The molecule has 0 aliphatic carbocycles. The van der Waals surface area contributed by atoms with Crippen molar-refractivity contribution in [3.63, 3.8) is 0 Å². The molecule has 2 nitrogen and oxygen atoms in total. The summed E-state index contributed by atoms with van der Waals surface area (Å²) in [6.07, 6.45) is 4.33. The molecule has 0 aliphatic heterocycles. The third kappa shape index (κ3) is 3.44. The van der Waals surface area contributed by atoms with Gasteiger partial charge in [-0.25, -0.2) is 4.98 Å². The maximum Gasteiger partial charge on any atom is 0.109 e. The Labute approximate surface area is 84.4 Å². The molecule has 1 N–H and O–H groups in total. The summed E-state index contributed by atoms with van der Waals surface area (Å²) in [4.78, 5) is 4.29. The van der Waals surface area contributed by atoms with Crippen molar-refractivity contribution in [3.8, 4) is 0 Å². The molecule has 1 rings (SSSR count). The molecule has 0 amide bonds. The van der Waals surface area contributed by atoms with Crippen molar-refractivity contribution < 1.29 is 0 Å².